The van der Waals surface area contributed by atoms with Crippen molar-refractivity contribution in [2.24, 2.45) is 7.05 Å². The van der Waals surface area contributed by atoms with Gasteiger partial charge >= 0.3 is 0 Å². The van der Waals surface area contributed by atoms with Gasteiger partial charge < -0.3 is 9.88 Å². The zero-order valence-corrected chi connectivity index (χ0v) is 18.2. The summed E-state index contributed by atoms with van der Waals surface area (Å²) in [6.07, 6.45) is 3.59. The molecule has 0 aliphatic heterocycles. The van der Waals surface area contributed by atoms with Gasteiger partial charge in [-0.3, -0.25) is 4.79 Å². The largest absolute Gasteiger partial charge is 0.329 e. The maximum Gasteiger partial charge on any atom is 0.239 e. The van der Waals surface area contributed by atoms with Gasteiger partial charge in [-0.1, -0.05) is 39.8 Å². The molecule has 1 aromatic heterocycles. The monoisotopic (exact) mass is 479 g/mol. The Kier molecular flexibility index (Phi) is 6.58. The Balaban J connectivity index is 1.56. The number of imidazole rings is 1. The van der Waals surface area contributed by atoms with Gasteiger partial charge in [0.2, 0.25) is 5.91 Å². The fourth-order valence-corrected chi connectivity index (χ4v) is 4.78. The molecule has 28 heavy (non-hydrogen) atoms. The number of aryl methyl sites for hydroxylation is 1. The summed E-state index contributed by atoms with van der Waals surface area (Å²) < 4.78 is 27.3. The first kappa shape index (κ1) is 20.6. The zero-order chi connectivity index (χ0) is 20.1. The molecule has 3 aromatic rings. The Morgan fingerprint density at radius 2 is 1.82 bits per heavy atom. The number of amides is 1. The number of nitrogens with zero attached hydrogens (tertiary/aromatic N) is 2. The molecule has 1 amide bonds. The van der Waals surface area contributed by atoms with Crippen LogP contribution in [0.1, 0.15) is 5.56 Å². The lowest BCUT2D eigenvalue weighted by atomic mass is 10.2. The molecule has 0 atom stereocenters. The van der Waals surface area contributed by atoms with Gasteiger partial charge in [0, 0.05) is 34.5 Å². The van der Waals surface area contributed by atoms with Gasteiger partial charge in [-0.25, -0.2) is 13.4 Å². The summed E-state index contributed by atoms with van der Waals surface area (Å²) >= 11 is 4.81. The maximum atomic E-state index is 12.3. The quantitative estimate of drug-likeness (QED) is 0.555. The molecule has 0 fully saturated rings. The average molecular weight is 480 g/mol. The van der Waals surface area contributed by atoms with E-state index in [0.717, 1.165) is 14.5 Å². The summed E-state index contributed by atoms with van der Waals surface area (Å²) in [5.41, 5.74) is 1.19. The normalized spacial score (nSPS) is 11.4. The lowest BCUT2D eigenvalue weighted by molar-refractivity contribution is -0.113. The predicted molar refractivity (Wildman–Crippen MR) is 114 cm³/mol. The van der Waals surface area contributed by atoms with Gasteiger partial charge in [0.1, 0.15) is 5.75 Å². The molecule has 1 N–H and O–H groups in total. The Bertz CT molecular complexity index is 1060. The molecule has 0 spiro atoms. The standard InChI is InChI=1S/C19H18BrN3O3S2/c1-23-11-10-21-19(23)27-17-8-6-16(7-9-17)22-18(24)13-28(25,26)12-14-2-4-15(20)5-3-14/h2-11H,12-13H2,1H3,(H,22,24). The Morgan fingerprint density at radius 3 is 2.43 bits per heavy atom. The molecule has 146 valence electrons. The molecule has 3 rings (SSSR count). The van der Waals surface area contributed by atoms with Crippen molar-refractivity contribution in [2.45, 2.75) is 15.8 Å². The lowest BCUT2D eigenvalue weighted by Gasteiger charge is -2.08. The van der Waals surface area contributed by atoms with Crippen LogP contribution in [0.15, 0.2) is 75.4 Å². The van der Waals surface area contributed by atoms with E-state index in [1.54, 1.807) is 42.6 Å². The van der Waals surface area contributed by atoms with Crippen LogP contribution >= 0.6 is 27.7 Å². The first-order valence-corrected chi connectivity index (χ1v) is 11.7. The zero-order valence-electron chi connectivity index (χ0n) is 15.0. The number of halogens is 1. The summed E-state index contributed by atoms with van der Waals surface area (Å²) in [5.74, 6) is -1.29. The number of anilines is 1. The van der Waals surface area contributed by atoms with Crippen molar-refractivity contribution in [1.29, 1.82) is 0 Å². The molecule has 0 bridgehead atoms. The number of sulfone groups is 1. The van der Waals surface area contributed by atoms with Gasteiger partial charge in [-0.05, 0) is 42.0 Å². The second-order valence-corrected chi connectivity index (χ2v) is 10.2. The van der Waals surface area contributed by atoms with E-state index < -0.39 is 21.5 Å². The van der Waals surface area contributed by atoms with E-state index in [0.29, 0.717) is 11.3 Å². The number of benzene rings is 2. The highest BCUT2D eigenvalue weighted by atomic mass is 79.9. The minimum Gasteiger partial charge on any atom is -0.329 e. The van der Waals surface area contributed by atoms with Crippen molar-refractivity contribution in [1.82, 2.24) is 9.55 Å². The lowest BCUT2D eigenvalue weighted by Crippen LogP contribution is -2.23. The van der Waals surface area contributed by atoms with Crippen molar-refractivity contribution in [3.05, 3.63) is 71.0 Å². The molecule has 0 unspecified atom stereocenters. The van der Waals surface area contributed by atoms with E-state index >= 15 is 0 Å². The molecule has 0 aliphatic rings. The van der Waals surface area contributed by atoms with Crippen LogP contribution < -0.4 is 5.32 Å². The van der Waals surface area contributed by atoms with E-state index in [2.05, 4.69) is 26.2 Å². The van der Waals surface area contributed by atoms with Crippen LogP contribution in [0.25, 0.3) is 0 Å². The van der Waals surface area contributed by atoms with Crippen LogP contribution in [-0.4, -0.2) is 29.6 Å². The van der Waals surface area contributed by atoms with Crippen LogP contribution in [0.2, 0.25) is 0 Å². The molecule has 0 saturated heterocycles. The van der Waals surface area contributed by atoms with Crippen LogP contribution in [0.4, 0.5) is 5.69 Å². The van der Waals surface area contributed by atoms with Crippen molar-refractivity contribution in [2.75, 3.05) is 11.1 Å². The summed E-state index contributed by atoms with van der Waals surface area (Å²) in [5, 5.41) is 3.49. The molecule has 2 aromatic carbocycles. The molecule has 9 heteroatoms. The number of carbonyl (C=O) groups excluding carboxylic acids is 1. The van der Waals surface area contributed by atoms with E-state index in [-0.39, 0.29) is 5.75 Å². The first-order valence-electron chi connectivity index (χ1n) is 8.31. The second-order valence-electron chi connectivity index (χ2n) is 6.15. The third-order valence-electron chi connectivity index (χ3n) is 3.78. The fourth-order valence-electron chi connectivity index (χ4n) is 2.44. The molecular weight excluding hydrogens is 462 g/mol. The van der Waals surface area contributed by atoms with Crippen LogP contribution in [-0.2, 0) is 27.4 Å². The summed E-state index contributed by atoms with van der Waals surface area (Å²) in [7, 11) is -1.64. The highest BCUT2D eigenvalue weighted by molar-refractivity contribution is 9.10. The van der Waals surface area contributed by atoms with Crippen LogP contribution in [0.5, 0.6) is 0 Å². The van der Waals surface area contributed by atoms with Gasteiger partial charge in [0.15, 0.2) is 15.0 Å². The van der Waals surface area contributed by atoms with Gasteiger partial charge in [-0.15, -0.1) is 0 Å². The molecule has 0 aliphatic carbocycles. The van der Waals surface area contributed by atoms with Crippen molar-refractivity contribution in [3.8, 4) is 0 Å². The van der Waals surface area contributed by atoms with Crippen molar-refractivity contribution >= 4 is 49.1 Å². The predicted octanol–water partition coefficient (Wildman–Crippen LogP) is 3.89. The van der Waals surface area contributed by atoms with E-state index in [9.17, 15) is 13.2 Å². The van der Waals surface area contributed by atoms with Crippen LogP contribution in [0.3, 0.4) is 0 Å². The Hall–Kier alpha value is -2.10. The highest BCUT2D eigenvalue weighted by Crippen LogP contribution is 2.26. The molecule has 6 nitrogen and oxygen atoms in total. The topological polar surface area (TPSA) is 81.1 Å². The Morgan fingerprint density at radius 1 is 1.14 bits per heavy atom. The first-order chi connectivity index (χ1) is 13.3. The maximum absolute atomic E-state index is 12.3. The number of nitrogens with one attached hydrogen (secondary N) is 1. The molecular formula is C19H18BrN3O3S2. The van der Waals surface area contributed by atoms with Gasteiger partial charge in [0.25, 0.3) is 0 Å². The number of carbonyl (C=O) groups is 1. The van der Waals surface area contributed by atoms with E-state index in [4.69, 9.17) is 0 Å². The summed E-state index contributed by atoms with van der Waals surface area (Å²) in [6, 6.07) is 14.2. The van der Waals surface area contributed by atoms with Gasteiger partial charge in [0.05, 0.1) is 5.75 Å². The average Bonchev–Trinajstić information content (AvgIpc) is 3.03. The highest BCUT2D eigenvalue weighted by Gasteiger charge is 2.17. The third kappa shape index (κ3) is 5.95. The van der Waals surface area contributed by atoms with E-state index in [1.165, 1.54) is 11.8 Å². The summed E-state index contributed by atoms with van der Waals surface area (Å²) in [6.45, 7) is 0. The summed E-state index contributed by atoms with van der Waals surface area (Å²) in [4.78, 5) is 17.4. The smallest absolute Gasteiger partial charge is 0.239 e. The van der Waals surface area contributed by atoms with Gasteiger partial charge in [-0.2, -0.15) is 0 Å². The fraction of sp³-hybridized carbons (Fsp3) is 0.158. The Labute approximate surface area is 176 Å². The number of hydrogen-bond donors (Lipinski definition) is 1. The minimum absolute atomic E-state index is 0.174. The second kappa shape index (κ2) is 8.93. The SMILES string of the molecule is Cn1ccnc1Sc1ccc(NC(=O)CS(=O)(=O)Cc2ccc(Br)cc2)cc1. The number of aromatic nitrogens is 2. The molecule has 0 radical (unpaired) electrons. The number of hydrogen-bond acceptors (Lipinski definition) is 5. The van der Waals surface area contributed by atoms with Crippen molar-refractivity contribution in [3.63, 3.8) is 0 Å². The molecule has 1 heterocycles. The number of rotatable bonds is 7. The minimum atomic E-state index is -3.56. The van der Waals surface area contributed by atoms with Crippen molar-refractivity contribution < 1.29 is 13.2 Å². The third-order valence-corrected chi connectivity index (χ3v) is 6.86. The van der Waals surface area contributed by atoms with E-state index in [1.807, 2.05) is 29.9 Å². The molecule has 0 saturated carbocycles. The van der Waals surface area contributed by atoms with Crippen LogP contribution in [0, 0.1) is 0 Å².